The number of rotatable bonds is 18. The molecular formula is C138H90N10. The van der Waals surface area contributed by atoms with Crippen molar-refractivity contribution >= 4 is 87.2 Å². The van der Waals surface area contributed by atoms with Crippen molar-refractivity contribution in [1.29, 1.82) is 0 Å². The van der Waals surface area contributed by atoms with Gasteiger partial charge in [-0.25, -0.2) is 9.97 Å². The minimum atomic E-state index is 0.547. The molecule has 10 heteroatoms. The molecule has 148 heavy (non-hydrogen) atoms. The Balaban J connectivity index is 0.000000146. The van der Waals surface area contributed by atoms with E-state index in [0.717, 1.165) is 176 Å². The first-order valence-corrected chi connectivity index (χ1v) is 50.2. The Morgan fingerprint density at radius 2 is 0.318 bits per heavy atom. The number of para-hydroxylation sites is 4. The first-order valence-electron chi connectivity index (χ1n) is 50.2. The Morgan fingerprint density at radius 3 is 0.655 bits per heavy atom. The lowest BCUT2D eigenvalue weighted by molar-refractivity contribution is 0.953. The molecule has 692 valence electrons. The fourth-order valence-electron chi connectivity index (χ4n) is 22.0. The SMILES string of the molecule is c1ccc(-c2cccc(-c3cc(-c4ccc(-c5ccccc5-c5ccccc5)cc4)cc(-n4c5ccccc5c5ccc6c7ccccc7n(-c7nc(-c8ccccc8)nc(-c8ccccc8)n7)c6c54)c3)c2)cc1.c1ccc(-c2nc(-c3ccccc3)nc(-n3c4ccccc4c4ccc5c6ccccc6n(-c6cc(-c7ccccc7-c7ccccc7)cc(-c7ccccc7-c7ccccc7-c7ccccc7)c6)c5c43)n2)cc1. The molecule has 0 bridgehead atoms. The van der Waals surface area contributed by atoms with E-state index in [1.54, 1.807) is 0 Å². The number of benzene rings is 22. The van der Waals surface area contributed by atoms with Gasteiger partial charge < -0.3 is 9.13 Å². The zero-order valence-electron chi connectivity index (χ0n) is 80.4. The average molecular weight is 1890 g/mol. The molecule has 0 spiro atoms. The molecule has 0 amide bonds. The summed E-state index contributed by atoms with van der Waals surface area (Å²) in [5.74, 6) is 3.53. The fraction of sp³-hybridized carbons (Fsp3) is 0. The maximum atomic E-state index is 5.38. The van der Waals surface area contributed by atoms with Gasteiger partial charge in [-0.1, -0.05) is 479 Å². The van der Waals surface area contributed by atoms with Gasteiger partial charge in [-0.15, -0.1) is 0 Å². The lowest BCUT2D eigenvalue weighted by Gasteiger charge is -2.19. The summed E-state index contributed by atoms with van der Waals surface area (Å²) in [7, 11) is 0. The summed E-state index contributed by atoms with van der Waals surface area (Å²) in [5.41, 5.74) is 37.3. The second kappa shape index (κ2) is 37.5. The highest BCUT2D eigenvalue weighted by Gasteiger charge is 2.29. The normalized spacial score (nSPS) is 11.5. The summed E-state index contributed by atoms with van der Waals surface area (Å²) in [6, 6.07) is 195. The van der Waals surface area contributed by atoms with Crippen molar-refractivity contribution in [2.24, 2.45) is 0 Å². The monoisotopic (exact) mass is 1890 g/mol. The summed E-state index contributed by atoms with van der Waals surface area (Å²) in [6.07, 6.45) is 0. The Morgan fingerprint density at radius 1 is 0.115 bits per heavy atom. The van der Waals surface area contributed by atoms with Crippen LogP contribution in [0.5, 0.6) is 0 Å². The van der Waals surface area contributed by atoms with Crippen molar-refractivity contribution in [3.8, 4) is 180 Å². The van der Waals surface area contributed by atoms with Gasteiger partial charge in [0.15, 0.2) is 23.3 Å². The number of hydrogen-bond acceptors (Lipinski definition) is 6. The molecule has 0 aliphatic heterocycles. The highest BCUT2D eigenvalue weighted by molar-refractivity contribution is 6.26. The zero-order valence-corrected chi connectivity index (χ0v) is 80.4. The smallest absolute Gasteiger partial charge is 0.238 e. The van der Waals surface area contributed by atoms with Gasteiger partial charge in [-0.3, -0.25) is 9.13 Å². The third-order valence-corrected chi connectivity index (χ3v) is 28.8. The van der Waals surface area contributed by atoms with Gasteiger partial charge in [0.05, 0.1) is 44.1 Å². The van der Waals surface area contributed by atoms with Crippen LogP contribution in [0.4, 0.5) is 0 Å². The highest BCUT2D eigenvalue weighted by atomic mass is 15.2. The summed E-state index contributed by atoms with van der Waals surface area (Å²) in [5, 5.41) is 9.02. The molecule has 0 aliphatic rings. The lowest BCUT2D eigenvalue weighted by atomic mass is 9.87. The number of hydrogen-bond donors (Lipinski definition) is 0. The Labute approximate surface area is 855 Å². The number of aromatic nitrogens is 10. The second-order valence-corrected chi connectivity index (χ2v) is 37.5. The molecule has 28 aromatic rings. The predicted octanol–water partition coefficient (Wildman–Crippen LogP) is 35.5. The van der Waals surface area contributed by atoms with Crippen LogP contribution in [0.25, 0.3) is 267 Å². The van der Waals surface area contributed by atoms with Gasteiger partial charge in [0.25, 0.3) is 0 Å². The molecule has 28 rings (SSSR count). The van der Waals surface area contributed by atoms with Crippen molar-refractivity contribution in [1.82, 2.24) is 48.2 Å². The van der Waals surface area contributed by atoms with Crippen molar-refractivity contribution < 1.29 is 0 Å². The van der Waals surface area contributed by atoms with E-state index in [1.165, 1.54) is 55.6 Å². The standard InChI is InChI=1S/2C69H45N5/c1-5-23-46(24-6-1)53-31-13-14-33-55(53)50-43-51(56-34-16-18-36-58(56)57-35-17-15-32-54(57)47-25-7-2-8-26-47)45-52(44-50)73-63-39-21-19-37-59(63)61-41-42-62-60-38-20-22-40-64(60)74(66(62)65(61)73)69-71-67(48-27-9-3-10-28-48)70-68(72-69)49-29-11-4-12-30-49;1-5-20-46(21-6-1)52-28-19-29-53(42-52)55-43-54(47-36-38-49(39-37-47)58-31-14-13-30-57(58)48-22-7-2-8-23-48)44-56(45-55)73-63-34-17-15-32-59(63)61-40-41-62-60-33-16-18-35-64(60)74(66(62)65(61)73)69-71-67(50-24-9-3-10-25-50)70-68(72-69)51-26-11-4-12-27-51/h2*1-45H. The van der Waals surface area contributed by atoms with Crippen LogP contribution in [-0.2, 0) is 0 Å². The second-order valence-electron chi connectivity index (χ2n) is 37.5. The molecule has 0 atom stereocenters. The zero-order chi connectivity index (χ0) is 97.9. The van der Waals surface area contributed by atoms with Gasteiger partial charge in [0.1, 0.15) is 0 Å². The number of nitrogens with zero attached hydrogens (tertiary/aromatic N) is 10. The maximum Gasteiger partial charge on any atom is 0.238 e. The molecule has 0 unspecified atom stereocenters. The van der Waals surface area contributed by atoms with Gasteiger partial charge in [-0.05, 0) is 178 Å². The largest absolute Gasteiger partial charge is 0.307 e. The van der Waals surface area contributed by atoms with E-state index in [4.69, 9.17) is 29.9 Å². The molecule has 22 aromatic carbocycles. The van der Waals surface area contributed by atoms with Crippen LogP contribution in [0.1, 0.15) is 0 Å². The maximum absolute atomic E-state index is 5.38. The van der Waals surface area contributed by atoms with Crippen molar-refractivity contribution in [2.45, 2.75) is 0 Å². The van der Waals surface area contributed by atoms with Crippen molar-refractivity contribution in [3.63, 3.8) is 0 Å². The highest BCUT2D eigenvalue weighted by Crippen LogP contribution is 2.50. The van der Waals surface area contributed by atoms with Gasteiger partial charge in [0, 0.05) is 76.7 Å². The molecule has 10 nitrogen and oxygen atoms in total. The van der Waals surface area contributed by atoms with Crippen LogP contribution in [0.3, 0.4) is 0 Å². The quantitative estimate of drug-likeness (QED) is 0.0849. The van der Waals surface area contributed by atoms with E-state index in [-0.39, 0.29) is 0 Å². The van der Waals surface area contributed by atoms with Gasteiger partial charge >= 0.3 is 0 Å². The fourth-order valence-corrected chi connectivity index (χ4v) is 22.0. The van der Waals surface area contributed by atoms with Crippen LogP contribution in [0.15, 0.2) is 546 Å². The van der Waals surface area contributed by atoms with E-state index in [2.05, 4.69) is 491 Å². The van der Waals surface area contributed by atoms with E-state index in [1.807, 2.05) is 72.8 Å². The third kappa shape index (κ3) is 15.7. The topological polar surface area (TPSA) is 97.1 Å². The summed E-state index contributed by atoms with van der Waals surface area (Å²) >= 11 is 0. The molecule has 6 heterocycles. The van der Waals surface area contributed by atoms with Gasteiger partial charge in [-0.2, -0.15) is 19.9 Å². The summed E-state index contributed by atoms with van der Waals surface area (Å²) in [6.45, 7) is 0. The molecule has 0 N–H and O–H groups in total. The first kappa shape index (κ1) is 87.1. The Kier molecular flexibility index (Phi) is 22.1. The predicted molar refractivity (Wildman–Crippen MR) is 613 cm³/mol. The van der Waals surface area contributed by atoms with E-state index >= 15 is 0 Å². The molecular weight excluding hydrogens is 1800 g/mol. The summed E-state index contributed by atoms with van der Waals surface area (Å²) in [4.78, 5) is 31.7. The average Bonchev–Trinajstić information content (AvgIpc) is 1.54. The van der Waals surface area contributed by atoms with Crippen LogP contribution >= 0.6 is 0 Å². The van der Waals surface area contributed by atoms with Crippen LogP contribution in [0.2, 0.25) is 0 Å². The molecule has 0 aliphatic carbocycles. The lowest BCUT2D eigenvalue weighted by Crippen LogP contribution is -2.07. The molecule has 0 fully saturated rings. The van der Waals surface area contributed by atoms with Crippen LogP contribution in [0, 0.1) is 0 Å². The Bertz CT molecular complexity index is 9820. The van der Waals surface area contributed by atoms with Crippen LogP contribution < -0.4 is 0 Å². The third-order valence-electron chi connectivity index (χ3n) is 28.8. The first-order chi connectivity index (χ1) is 73.4. The molecule has 0 saturated heterocycles. The molecule has 0 saturated carbocycles. The van der Waals surface area contributed by atoms with E-state index < -0.39 is 0 Å². The minimum absolute atomic E-state index is 0.547. The molecule has 6 aromatic heterocycles. The minimum Gasteiger partial charge on any atom is -0.307 e. The van der Waals surface area contributed by atoms with Gasteiger partial charge in [0.2, 0.25) is 11.9 Å². The van der Waals surface area contributed by atoms with E-state index in [0.29, 0.717) is 35.2 Å². The summed E-state index contributed by atoms with van der Waals surface area (Å²) < 4.78 is 9.49. The van der Waals surface area contributed by atoms with Crippen LogP contribution in [-0.4, -0.2) is 48.2 Å². The Hall–Kier alpha value is -19.9. The van der Waals surface area contributed by atoms with E-state index in [9.17, 15) is 0 Å². The van der Waals surface area contributed by atoms with Crippen molar-refractivity contribution in [3.05, 3.63) is 546 Å². The molecule has 0 radical (unpaired) electrons. The van der Waals surface area contributed by atoms with Crippen molar-refractivity contribution in [2.75, 3.05) is 0 Å². The number of fused-ring (bicyclic) bond motifs is 14.